The van der Waals surface area contributed by atoms with Gasteiger partial charge in [0.15, 0.2) is 0 Å². The zero-order valence-electron chi connectivity index (χ0n) is 14.2. The number of hydrogen-bond acceptors (Lipinski definition) is 3. The highest BCUT2D eigenvalue weighted by atomic mass is 32.2. The number of amidine groups is 1. The molecule has 0 aliphatic rings. The van der Waals surface area contributed by atoms with E-state index in [-0.39, 0.29) is 5.56 Å². The summed E-state index contributed by atoms with van der Waals surface area (Å²) >= 11 is 1.38. The van der Waals surface area contributed by atoms with Crippen LogP contribution in [0.2, 0.25) is 0 Å². The fraction of sp³-hybridized carbons (Fsp3) is 0.263. The molecule has 5 heteroatoms. The Bertz CT molecular complexity index is 740. The third kappa shape index (κ3) is 4.17. The normalized spacial score (nSPS) is 11.4. The largest absolute Gasteiger partial charge is 0.478 e. The van der Waals surface area contributed by atoms with E-state index in [9.17, 15) is 9.90 Å². The maximum absolute atomic E-state index is 11.6. The number of benzene rings is 2. The van der Waals surface area contributed by atoms with Crippen LogP contribution in [-0.4, -0.2) is 34.9 Å². The number of aryl methyl sites for hydroxylation is 1. The summed E-state index contributed by atoms with van der Waals surface area (Å²) in [6.07, 6.45) is 0. The lowest BCUT2D eigenvalue weighted by Gasteiger charge is -2.24. The van der Waals surface area contributed by atoms with Crippen LogP contribution in [-0.2, 0) is 0 Å². The van der Waals surface area contributed by atoms with Gasteiger partial charge in [-0.05, 0) is 38.5 Å². The molecule has 0 bridgehead atoms. The summed E-state index contributed by atoms with van der Waals surface area (Å²) in [5.74, 6) is -0.238. The van der Waals surface area contributed by atoms with Gasteiger partial charge in [-0.15, -0.1) is 0 Å². The van der Waals surface area contributed by atoms with Crippen LogP contribution in [0.1, 0.15) is 35.3 Å². The number of rotatable bonds is 6. The van der Waals surface area contributed by atoms with Crippen molar-refractivity contribution >= 4 is 23.8 Å². The van der Waals surface area contributed by atoms with Crippen molar-refractivity contribution in [3.63, 3.8) is 0 Å². The Morgan fingerprint density at radius 3 is 2.21 bits per heavy atom. The van der Waals surface area contributed by atoms with Crippen LogP contribution in [0.4, 0.5) is 0 Å². The predicted molar refractivity (Wildman–Crippen MR) is 99.9 cm³/mol. The summed E-state index contributed by atoms with van der Waals surface area (Å²) in [4.78, 5) is 14.7. The van der Waals surface area contributed by atoms with Crippen molar-refractivity contribution in [3.8, 4) is 0 Å². The molecule has 4 nitrogen and oxygen atoms in total. The highest BCUT2D eigenvalue weighted by Crippen LogP contribution is 2.25. The Morgan fingerprint density at radius 2 is 1.62 bits per heavy atom. The first-order valence-corrected chi connectivity index (χ1v) is 8.74. The van der Waals surface area contributed by atoms with Crippen molar-refractivity contribution in [3.05, 3.63) is 65.2 Å². The van der Waals surface area contributed by atoms with Gasteiger partial charge in [-0.1, -0.05) is 36.4 Å². The molecule has 0 fully saturated rings. The van der Waals surface area contributed by atoms with E-state index in [1.54, 1.807) is 12.1 Å². The highest BCUT2D eigenvalue weighted by molar-refractivity contribution is 7.98. The molecular formula is C19H22N2O2S. The van der Waals surface area contributed by atoms with Crippen LogP contribution in [0.5, 0.6) is 0 Å². The van der Waals surface area contributed by atoms with E-state index >= 15 is 0 Å². The highest BCUT2D eigenvalue weighted by Gasteiger charge is 2.18. The van der Waals surface area contributed by atoms with Crippen LogP contribution in [0.25, 0.3) is 0 Å². The predicted octanol–water partition coefficient (Wildman–Crippen LogP) is 4.49. The molecule has 0 saturated carbocycles. The van der Waals surface area contributed by atoms with Crippen molar-refractivity contribution in [2.75, 3.05) is 13.1 Å². The molecule has 0 atom stereocenters. The number of nitrogens with zero attached hydrogens (tertiary/aromatic N) is 2. The third-order valence-electron chi connectivity index (χ3n) is 3.79. The van der Waals surface area contributed by atoms with E-state index < -0.39 is 5.97 Å². The van der Waals surface area contributed by atoms with E-state index in [0.29, 0.717) is 11.4 Å². The monoisotopic (exact) mass is 342 g/mol. The molecule has 2 rings (SSSR count). The molecule has 0 amide bonds. The van der Waals surface area contributed by atoms with Gasteiger partial charge in [-0.2, -0.15) is 4.40 Å². The van der Waals surface area contributed by atoms with Crippen molar-refractivity contribution in [1.29, 1.82) is 0 Å². The number of carboxylic acids is 1. The van der Waals surface area contributed by atoms with Crippen molar-refractivity contribution in [2.45, 2.75) is 25.7 Å². The van der Waals surface area contributed by atoms with Gasteiger partial charge < -0.3 is 10.0 Å². The molecule has 0 aromatic heterocycles. The Balaban J connectivity index is 2.48. The summed E-state index contributed by atoms with van der Waals surface area (Å²) in [5.41, 5.74) is 2.07. The molecule has 0 spiro atoms. The molecule has 0 heterocycles. The minimum Gasteiger partial charge on any atom is -0.478 e. The average molecular weight is 342 g/mol. The zero-order chi connectivity index (χ0) is 17.5. The van der Waals surface area contributed by atoms with Gasteiger partial charge in [0, 0.05) is 35.5 Å². The minimum absolute atomic E-state index is 0.272. The van der Waals surface area contributed by atoms with Gasteiger partial charge in [0.05, 0.1) is 5.56 Å². The lowest BCUT2D eigenvalue weighted by Crippen LogP contribution is -2.32. The number of carbonyl (C=O) groups is 1. The first-order valence-electron chi connectivity index (χ1n) is 7.96. The van der Waals surface area contributed by atoms with Crippen LogP contribution in [0.3, 0.4) is 0 Å². The van der Waals surface area contributed by atoms with Gasteiger partial charge in [-0.3, -0.25) is 0 Å². The molecular weight excluding hydrogens is 320 g/mol. The third-order valence-corrected chi connectivity index (χ3v) is 4.70. The second kappa shape index (κ2) is 8.55. The smallest absolute Gasteiger partial charge is 0.336 e. The summed E-state index contributed by atoms with van der Waals surface area (Å²) < 4.78 is 4.71. The Kier molecular flexibility index (Phi) is 6.44. The fourth-order valence-corrected chi connectivity index (χ4v) is 3.17. The number of hydrogen-bond donors (Lipinski definition) is 1. The van der Waals surface area contributed by atoms with Gasteiger partial charge in [0.1, 0.15) is 5.84 Å². The molecule has 126 valence electrons. The Labute approximate surface area is 147 Å². The summed E-state index contributed by atoms with van der Waals surface area (Å²) in [6, 6.07) is 15.1. The lowest BCUT2D eigenvalue weighted by molar-refractivity contribution is 0.0696. The maximum Gasteiger partial charge on any atom is 0.336 e. The van der Waals surface area contributed by atoms with Crippen LogP contribution in [0.15, 0.2) is 57.8 Å². The van der Waals surface area contributed by atoms with Gasteiger partial charge in [0.2, 0.25) is 0 Å². The van der Waals surface area contributed by atoms with Crippen LogP contribution in [0, 0.1) is 6.92 Å². The maximum atomic E-state index is 11.6. The first-order chi connectivity index (χ1) is 11.6. The summed E-state index contributed by atoms with van der Waals surface area (Å²) in [7, 11) is 0. The zero-order valence-corrected chi connectivity index (χ0v) is 15.0. The molecule has 24 heavy (non-hydrogen) atoms. The van der Waals surface area contributed by atoms with E-state index in [0.717, 1.165) is 23.5 Å². The summed E-state index contributed by atoms with van der Waals surface area (Å²) in [6.45, 7) is 7.65. The average Bonchev–Trinajstić information content (AvgIpc) is 2.60. The molecule has 0 aliphatic carbocycles. The van der Waals surface area contributed by atoms with Crippen molar-refractivity contribution in [2.24, 2.45) is 4.40 Å². The van der Waals surface area contributed by atoms with Gasteiger partial charge in [0.25, 0.3) is 0 Å². The second-order valence-electron chi connectivity index (χ2n) is 5.29. The quantitative estimate of drug-likeness (QED) is 0.477. The van der Waals surface area contributed by atoms with Crippen LogP contribution < -0.4 is 0 Å². The van der Waals surface area contributed by atoms with Crippen molar-refractivity contribution < 1.29 is 9.90 Å². The van der Waals surface area contributed by atoms with Crippen LogP contribution >= 0.6 is 11.9 Å². The molecule has 0 saturated heterocycles. The van der Waals surface area contributed by atoms with E-state index in [4.69, 9.17) is 4.40 Å². The molecule has 0 unspecified atom stereocenters. The SMILES string of the molecule is CCN(CC)C(=NSc1ccccc1C)c1ccccc1C(=O)O. The molecule has 1 N–H and O–H groups in total. The van der Waals surface area contributed by atoms with Crippen molar-refractivity contribution in [1.82, 2.24) is 4.90 Å². The standard InChI is InChI=1S/C19H22N2O2S/c1-4-21(5-2)18(15-11-7-8-12-16(15)19(22)23)20-24-17-13-9-6-10-14(17)3/h6-13H,4-5H2,1-3H3,(H,22,23). The summed E-state index contributed by atoms with van der Waals surface area (Å²) in [5, 5.41) is 9.49. The van der Waals surface area contributed by atoms with E-state index in [1.165, 1.54) is 11.9 Å². The number of aromatic carboxylic acids is 1. The fourth-order valence-electron chi connectivity index (χ4n) is 2.42. The second-order valence-corrected chi connectivity index (χ2v) is 6.10. The minimum atomic E-state index is -0.939. The number of carboxylic acid groups (broad SMARTS) is 1. The van der Waals surface area contributed by atoms with Gasteiger partial charge >= 0.3 is 5.97 Å². The molecule has 0 radical (unpaired) electrons. The van der Waals surface area contributed by atoms with Gasteiger partial charge in [-0.25, -0.2) is 4.79 Å². The Morgan fingerprint density at radius 1 is 1.04 bits per heavy atom. The molecule has 2 aromatic carbocycles. The first kappa shape index (κ1) is 18.1. The molecule has 0 aliphatic heterocycles. The van der Waals surface area contributed by atoms with E-state index in [1.807, 2.05) is 57.2 Å². The van der Waals surface area contributed by atoms with E-state index in [2.05, 4.69) is 4.90 Å². The Hall–Kier alpha value is -2.27. The lowest BCUT2D eigenvalue weighted by atomic mass is 10.1. The molecule has 2 aromatic rings. The topological polar surface area (TPSA) is 52.9 Å².